The summed E-state index contributed by atoms with van der Waals surface area (Å²) in [5.74, 6) is 0.679. The summed E-state index contributed by atoms with van der Waals surface area (Å²) >= 11 is 0. The summed E-state index contributed by atoms with van der Waals surface area (Å²) in [6, 6.07) is 3.16. The van der Waals surface area contributed by atoms with E-state index in [1.165, 1.54) is 6.07 Å². The first kappa shape index (κ1) is 19.1. The second-order valence-electron chi connectivity index (χ2n) is 6.34. The first-order valence-corrected chi connectivity index (χ1v) is 8.54. The molecule has 0 fully saturated rings. The normalized spacial score (nSPS) is 20.2. The molecular weight excluding hydrogens is 319 g/mol. The highest BCUT2D eigenvalue weighted by molar-refractivity contribution is 5.49. The predicted molar refractivity (Wildman–Crippen MR) is 87.0 cm³/mol. The summed E-state index contributed by atoms with van der Waals surface area (Å²) in [4.78, 5) is 0. The van der Waals surface area contributed by atoms with Gasteiger partial charge in [0.05, 0.1) is 13.2 Å². The maximum Gasteiger partial charge on any atom is 0.421 e. The average molecular weight is 345 g/mol. The zero-order valence-corrected chi connectivity index (χ0v) is 14.3. The largest absolute Gasteiger partial charge is 0.493 e. The fourth-order valence-electron chi connectivity index (χ4n) is 3.08. The van der Waals surface area contributed by atoms with Crippen molar-refractivity contribution in [2.75, 3.05) is 13.2 Å². The molecule has 0 spiro atoms. The average Bonchev–Trinajstić information content (AvgIpc) is 2.88. The highest BCUT2D eigenvalue weighted by Crippen LogP contribution is 2.49. The molecule has 0 saturated carbocycles. The number of fused-ring (bicyclic) bond motifs is 1. The molecule has 136 valence electrons. The van der Waals surface area contributed by atoms with Gasteiger partial charge < -0.3 is 15.2 Å². The Morgan fingerprint density at radius 3 is 2.62 bits per heavy atom. The van der Waals surface area contributed by atoms with Crippen molar-refractivity contribution in [2.45, 2.75) is 64.3 Å². The van der Waals surface area contributed by atoms with E-state index in [4.69, 9.17) is 15.2 Å². The van der Waals surface area contributed by atoms with E-state index in [2.05, 4.69) is 0 Å². The number of ether oxygens (including phenoxy) is 2. The van der Waals surface area contributed by atoms with E-state index in [0.29, 0.717) is 30.9 Å². The monoisotopic (exact) mass is 345 g/mol. The van der Waals surface area contributed by atoms with Gasteiger partial charge in [-0.25, -0.2) is 0 Å². The third-order valence-corrected chi connectivity index (χ3v) is 4.55. The van der Waals surface area contributed by atoms with Crippen molar-refractivity contribution in [3.63, 3.8) is 0 Å². The summed E-state index contributed by atoms with van der Waals surface area (Å²) in [6.07, 6.45) is -0.1000. The van der Waals surface area contributed by atoms with E-state index in [1.807, 2.05) is 6.92 Å². The van der Waals surface area contributed by atoms with Gasteiger partial charge in [-0.2, -0.15) is 13.2 Å². The molecule has 6 heteroatoms. The zero-order valence-electron chi connectivity index (χ0n) is 14.3. The number of halogens is 3. The molecule has 0 aliphatic carbocycles. The van der Waals surface area contributed by atoms with Crippen LogP contribution in [0.2, 0.25) is 0 Å². The maximum absolute atomic E-state index is 13.4. The molecular formula is C18H26F3NO2. The third kappa shape index (κ3) is 3.70. The van der Waals surface area contributed by atoms with Crippen LogP contribution < -0.4 is 10.5 Å². The topological polar surface area (TPSA) is 44.5 Å². The fourth-order valence-corrected chi connectivity index (χ4v) is 3.08. The lowest BCUT2D eigenvalue weighted by atomic mass is 9.89. The SMILES string of the molecule is CCCc1c(OCCCCCN)ccc2c1COC2(C)C(F)(F)F. The summed E-state index contributed by atoms with van der Waals surface area (Å²) in [6.45, 7) is 4.29. The van der Waals surface area contributed by atoms with E-state index >= 15 is 0 Å². The number of unbranched alkanes of at least 4 members (excludes halogenated alkanes) is 2. The van der Waals surface area contributed by atoms with E-state index in [9.17, 15) is 13.2 Å². The number of hydrogen-bond acceptors (Lipinski definition) is 3. The molecule has 1 heterocycles. The Kier molecular flexibility index (Phi) is 6.15. The highest BCUT2D eigenvalue weighted by Gasteiger charge is 2.57. The lowest BCUT2D eigenvalue weighted by molar-refractivity contribution is -0.272. The summed E-state index contributed by atoms with van der Waals surface area (Å²) in [5, 5.41) is 0. The van der Waals surface area contributed by atoms with Crippen molar-refractivity contribution >= 4 is 0 Å². The van der Waals surface area contributed by atoms with Gasteiger partial charge in [-0.15, -0.1) is 0 Å². The van der Waals surface area contributed by atoms with Crippen LogP contribution >= 0.6 is 0 Å². The van der Waals surface area contributed by atoms with Gasteiger partial charge in [0, 0.05) is 5.56 Å². The summed E-state index contributed by atoms with van der Waals surface area (Å²) in [5.41, 5.74) is 4.93. The van der Waals surface area contributed by atoms with Crippen molar-refractivity contribution in [1.29, 1.82) is 0 Å². The third-order valence-electron chi connectivity index (χ3n) is 4.55. The standard InChI is InChI=1S/C18H26F3NO2/c1-3-7-13-14-12-24-17(2,18(19,20)21)15(14)8-9-16(13)23-11-6-4-5-10-22/h8-9H,3-7,10-12,22H2,1-2H3. The predicted octanol–water partition coefficient (Wildman–Crippen LogP) is 4.45. The molecule has 3 nitrogen and oxygen atoms in total. The van der Waals surface area contributed by atoms with Crippen molar-refractivity contribution in [3.8, 4) is 5.75 Å². The van der Waals surface area contributed by atoms with Crippen molar-refractivity contribution in [3.05, 3.63) is 28.8 Å². The van der Waals surface area contributed by atoms with E-state index in [-0.39, 0.29) is 12.2 Å². The van der Waals surface area contributed by atoms with Crippen LogP contribution in [0.5, 0.6) is 5.75 Å². The van der Waals surface area contributed by atoms with Crippen molar-refractivity contribution < 1.29 is 22.6 Å². The van der Waals surface area contributed by atoms with Crippen LogP contribution in [-0.2, 0) is 23.4 Å². The molecule has 0 radical (unpaired) electrons. The van der Waals surface area contributed by atoms with Crippen molar-refractivity contribution in [2.24, 2.45) is 5.73 Å². The molecule has 0 amide bonds. The molecule has 1 unspecified atom stereocenters. The minimum absolute atomic E-state index is 0.0228. The minimum Gasteiger partial charge on any atom is -0.493 e. The number of alkyl halides is 3. The van der Waals surface area contributed by atoms with Gasteiger partial charge >= 0.3 is 6.18 Å². The number of nitrogens with two attached hydrogens (primary N) is 1. The van der Waals surface area contributed by atoms with Crippen LogP contribution in [0.4, 0.5) is 13.2 Å². The molecule has 2 N–H and O–H groups in total. The Balaban J connectivity index is 2.24. The van der Waals surface area contributed by atoms with E-state index in [1.54, 1.807) is 6.07 Å². The van der Waals surface area contributed by atoms with E-state index in [0.717, 1.165) is 38.2 Å². The Labute approximate surface area is 141 Å². The van der Waals surface area contributed by atoms with Crippen LogP contribution in [0.1, 0.15) is 56.2 Å². The van der Waals surface area contributed by atoms with E-state index < -0.39 is 11.8 Å². The zero-order chi connectivity index (χ0) is 17.8. The van der Waals surface area contributed by atoms with Crippen LogP contribution in [0, 0.1) is 0 Å². The minimum atomic E-state index is -4.44. The molecule has 2 rings (SSSR count). The Hall–Kier alpha value is -1.27. The molecule has 1 aliphatic heterocycles. The summed E-state index contributed by atoms with van der Waals surface area (Å²) in [7, 11) is 0. The van der Waals surface area contributed by atoms with Crippen LogP contribution in [-0.4, -0.2) is 19.3 Å². The Morgan fingerprint density at radius 1 is 1.25 bits per heavy atom. The number of rotatable bonds is 8. The van der Waals surface area contributed by atoms with Crippen LogP contribution in [0.25, 0.3) is 0 Å². The molecule has 1 aromatic carbocycles. The van der Waals surface area contributed by atoms with Crippen molar-refractivity contribution in [1.82, 2.24) is 0 Å². The first-order valence-electron chi connectivity index (χ1n) is 8.54. The molecule has 0 saturated heterocycles. The molecule has 24 heavy (non-hydrogen) atoms. The van der Waals surface area contributed by atoms with Gasteiger partial charge in [0.15, 0.2) is 5.60 Å². The van der Waals surface area contributed by atoms with Crippen LogP contribution in [0.15, 0.2) is 12.1 Å². The number of benzene rings is 1. The van der Waals surface area contributed by atoms with Gasteiger partial charge in [-0.05, 0) is 56.3 Å². The molecule has 1 aliphatic rings. The Morgan fingerprint density at radius 2 is 2.00 bits per heavy atom. The molecule has 0 aromatic heterocycles. The second-order valence-corrected chi connectivity index (χ2v) is 6.34. The molecule has 1 atom stereocenters. The van der Waals surface area contributed by atoms with Gasteiger partial charge in [0.1, 0.15) is 5.75 Å². The molecule has 1 aromatic rings. The molecule has 0 bridgehead atoms. The second kappa shape index (κ2) is 7.74. The smallest absolute Gasteiger partial charge is 0.421 e. The van der Waals surface area contributed by atoms with Gasteiger partial charge in [-0.3, -0.25) is 0 Å². The van der Waals surface area contributed by atoms with Crippen LogP contribution in [0.3, 0.4) is 0 Å². The lowest BCUT2D eigenvalue weighted by Crippen LogP contribution is -2.39. The lowest BCUT2D eigenvalue weighted by Gasteiger charge is -2.27. The van der Waals surface area contributed by atoms with Gasteiger partial charge in [0.25, 0.3) is 0 Å². The maximum atomic E-state index is 13.4. The fraction of sp³-hybridized carbons (Fsp3) is 0.667. The quantitative estimate of drug-likeness (QED) is 0.708. The van der Waals surface area contributed by atoms with Gasteiger partial charge in [0.2, 0.25) is 0 Å². The number of hydrogen-bond donors (Lipinski definition) is 1. The Bertz CT molecular complexity index is 560. The highest BCUT2D eigenvalue weighted by atomic mass is 19.4. The first-order chi connectivity index (χ1) is 11.3. The van der Waals surface area contributed by atoms with Gasteiger partial charge in [-0.1, -0.05) is 19.4 Å². The summed E-state index contributed by atoms with van der Waals surface area (Å²) < 4.78 is 51.2.